The SMILES string of the molecule is CCOc1cccc(F)c1CN1CCN(C(=O)[C@H](N)C2CCN(CCc3cc(Cl)ccc3-c3cc(O)cc(Cl)c3)CC2)CC1.Cl. The summed E-state index contributed by atoms with van der Waals surface area (Å²) in [6, 6.07) is 15.3. The molecule has 7 nitrogen and oxygen atoms in total. The van der Waals surface area contributed by atoms with Gasteiger partial charge < -0.3 is 25.4 Å². The number of piperidine rings is 1. The normalized spacial score (nSPS) is 17.1. The molecule has 3 aromatic rings. The van der Waals surface area contributed by atoms with E-state index in [1.807, 2.05) is 36.1 Å². The number of nitrogens with zero attached hydrogens (tertiary/aromatic N) is 3. The fourth-order valence-corrected chi connectivity index (χ4v) is 6.76. The molecule has 0 bridgehead atoms. The number of aromatic hydroxyl groups is 1. The number of likely N-dealkylation sites (tertiary alicyclic amines) is 1. The van der Waals surface area contributed by atoms with Crippen molar-refractivity contribution < 1.29 is 19.0 Å². The molecule has 1 atom stereocenters. The monoisotopic (exact) mass is 678 g/mol. The van der Waals surface area contributed by atoms with Crippen molar-refractivity contribution in [1.29, 1.82) is 0 Å². The number of benzene rings is 3. The summed E-state index contributed by atoms with van der Waals surface area (Å²) in [5, 5.41) is 11.2. The number of hydrogen-bond donors (Lipinski definition) is 2. The minimum Gasteiger partial charge on any atom is -0.508 e. The topological polar surface area (TPSA) is 82.3 Å². The number of carbonyl (C=O) groups is 1. The van der Waals surface area contributed by atoms with Crippen molar-refractivity contribution in [2.75, 3.05) is 52.4 Å². The van der Waals surface area contributed by atoms with Crippen LogP contribution in [-0.4, -0.2) is 84.2 Å². The molecule has 1 amide bonds. The van der Waals surface area contributed by atoms with Crippen LogP contribution >= 0.6 is 35.6 Å². The molecule has 3 aromatic carbocycles. The van der Waals surface area contributed by atoms with Gasteiger partial charge in [-0.1, -0.05) is 35.3 Å². The third-order valence-corrected chi connectivity index (χ3v) is 9.28. The third kappa shape index (κ3) is 9.03. The molecule has 244 valence electrons. The molecule has 0 unspecified atom stereocenters. The molecular formula is C34H42Cl3FN4O3. The number of carbonyl (C=O) groups excluding carboxylic acids is 1. The van der Waals surface area contributed by atoms with Gasteiger partial charge in [0, 0.05) is 54.9 Å². The molecule has 0 aliphatic carbocycles. The first-order valence-corrected chi connectivity index (χ1v) is 16.1. The lowest BCUT2D eigenvalue weighted by molar-refractivity contribution is -0.136. The number of ether oxygens (including phenoxy) is 1. The Labute approximate surface area is 281 Å². The van der Waals surface area contributed by atoms with E-state index >= 15 is 0 Å². The minimum absolute atomic E-state index is 0. The molecule has 0 aromatic heterocycles. The van der Waals surface area contributed by atoms with E-state index in [4.69, 9.17) is 33.7 Å². The maximum absolute atomic E-state index is 14.5. The van der Waals surface area contributed by atoms with Gasteiger partial charge >= 0.3 is 0 Å². The van der Waals surface area contributed by atoms with E-state index in [9.17, 15) is 14.3 Å². The molecule has 2 fully saturated rings. The second-order valence-corrected chi connectivity index (χ2v) is 12.6. The summed E-state index contributed by atoms with van der Waals surface area (Å²) >= 11 is 12.5. The lowest BCUT2D eigenvalue weighted by Crippen LogP contribution is -2.55. The Bertz CT molecular complexity index is 1430. The molecule has 45 heavy (non-hydrogen) atoms. The number of phenolic OH excluding ortho intramolecular Hbond substituents is 1. The van der Waals surface area contributed by atoms with Crippen LogP contribution in [0, 0.1) is 11.7 Å². The average Bonchev–Trinajstić information content (AvgIpc) is 3.01. The van der Waals surface area contributed by atoms with Gasteiger partial charge in [-0.05, 0) is 104 Å². The zero-order chi connectivity index (χ0) is 31.2. The summed E-state index contributed by atoms with van der Waals surface area (Å²) in [5.74, 6) is 0.588. The number of phenols is 1. The first kappa shape index (κ1) is 35.3. The van der Waals surface area contributed by atoms with Crippen molar-refractivity contribution in [2.24, 2.45) is 11.7 Å². The maximum Gasteiger partial charge on any atom is 0.239 e. The summed E-state index contributed by atoms with van der Waals surface area (Å²) in [5.41, 5.74) is 10.1. The van der Waals surface area contributed by atoms with Crippen LogP contribution in [0.15, 0.2) is 54.6 Å². The molecular weight excluding hydrogens is 638 g/mol. The number of hydrogen-bond acceptors (Lipinski definition) is 6. The van der Waals surface area contributed by atoms with Crippen LogP contribution in [0.1, 0.15) is 30.9 Å². The maximum atomic E-state index is 14.5. The standard InChI is InChI=1S/C34H41Cl2FN4O3.ClH/c1-2-44-32-5-3-4-31(37)30(32)22-40-14-16-41(17-15-40)34(43)33(38)23-8-11-39(12-9-23)13-10-24-18-26(35)6-7-29(24)25-19-27(36)21-28(42)20-25;/h3-7,18-21,23,33,42H,2,8-17,22,38H2,1H3;1H/t33-;/m1./s1. The second-order valence-electron chi connectivity index (χ2n) is 11.7. The van der Waals surface area contributed by atoms with Gasteiger partial charge in [-0.25, -0.2) is 4.39 Å². The first-order chi connectivity index (χ1) is 21.2. The summed E-state index contributed by atoms with van der Waals surface area (Å²) in [7, 11) is 0. The van der Waals surface area contributed by atoms with Gasteiger partial charge in [0.25, 0.3) is 0 Å². The van der Waals surface area contributed by atoms with Crippen molar-refractivity contribution in [1.82, 2.24) is 14.7 Å². The van der Waals surface area contributed by atoms with Gasteiger partial charge in [0.1, 0.15) is 17.3 Å². The van der Waals surface area contributed by atoms with Crippen LogP contribution in [-0.2, 0) is 17.8 Å². The lowest BCUT2D eigenvalue weighted by atomic mass is 9.88. The lowest BCUT2D eigenvalue weighted by Gasteiger charge is -2.39. The number of piperazine rings is 1. The largest absolute Gasteiger partial charge is 0.508 e. The fraction of sp³-hybridized carbons (Fsp3) is 0.441. The molecule has 0 spiro atoms. The highest BCUT2D eigenvalue weighted by Gasteiger charge is 2.33. The Morgan fingerprint density at radius 3 is 2.42 bits per heavy atom. The van der Waals surface area contributed by atoms with Crippen LogP contribution in [0.2, 0.25) is 10.0 Å². The van der Waals surface area contributed by atoms with Crippen LogP contribution in [0.25, 0.3) is 11.1 Å². The number of halogens is 4. The van der Waals surface area contributed by atoms with Crippen LogP contribution < -0.4 is 10.5 Å². The summed E-state index contributed by atoms with van der Waals surface area (Å²) in [6.45, 7) is 7.90. The van der Waals surface area contributed by atoms with Gasteiger partial charge in [0.05, 0.1) is 12.6 Å². The van der Waals surface area contributed by atoms with E-state index in [2.05, 4.69) is 9.80 Å². The zero-order valence-corrected chi connectivity index (χ0v) is 27.9. The van der Waals surface area contributed by atoms with Crippen LogP contribution in [0.3, 0.4) is 0 Å². The highest BCUT2D eigenvalue weighted by atomic mass is 35.5. The second kappa shape index (κ2) is 16.3. The molecule has 2 aliphatic rings. The first-order valence-electron chi connectivity index (χ1n) is 15.4. The van der Waals surface area contributed by atoms with E-state index in [1.54, 1.807) is 18.2 Å². The minimum atomic E-state index is -0.519. The smallest absolute Gasteiger partial charge is 0.239 e. The molecule has 0 saturated carbocycles. The molecule has 2 aliphatic heterocycles. The predicted octanol–water partition coefficient (Wildman–Crippen LogP) is 6.25. The molecule has 11 heteroatoms. The van der Waals surface area contributed by atoms with Crippen molar-refractivity contribution in [3.8, 4) is 22.6 Å². The van der Waals surface area contributed by atoms with E-state index in [0.717, 1.165) is 55.6 Å². The van der Waals surface area contributed by atoms with Gasteiger partial charge in [-0.15, -0.1) is 12.4 Å². The van der Waals surface area contributed by atoms with Crippen molar-refractivity contribution in [2.45, 2.75) is 38.8 Å². The summed E-state index contributed by atoms with van der Waals surface area (Å²) < 4.78 is 20.2. The molecule has 2 saturated heterocycles. The van der Waals surface area contributed by atoms with E-state index in [0.29, 0.717) is 60.7 Å². The van der Waals surface area contributed by atoms with E-state index in [1.165, 1.54) is 12.1 Å². The highest BCUT2D eigenvalue weighted by molar-refractivity contribution is 6.31. The van der Waals surface area contributed by atoms with Gasteiger partial charge in [-0.2, -0.15) is 0 Å². The zero-order valence-electron chi connectivity index (χ0n) is 25.6. The van der Waals surface area contributed by atoms with Gasteiger partial charge in [0.2, 0.25) is 5.91 Å². The predicted molar refractivity (Wildman–Crippen MR) is 181 cm³/mol. The third-order valence-electron chi connectivity index (χ3n) is 8.82. The molecule has 2 heterocycles. The number of rotatable bonds is 10. The molecule has 5 rings (SSSR count). The van der Waals surface area contributed by atoms with E-state index in [-0.39, 0.29) is 35.8 Å². The van der Waals surface area contributed by atoms with Crippen LogP contribution in [0.5, 0.6) is 11.5 Å². The Hall–Kier alpha value is -2.59. The molecule has 3 N–H and O–H groups in total. The average molecular weight is 680 g/mol. The highest BCUT2D eigenvalue weighted by Crippen LogP contribution is 2.32. The van der Waals surface area contributed by atoms with Crippen LogP contribution in [0.4, 0.5) is 4.39 Å². The Morgan fingerprint density at radius 2 is 1.73 bits per heavy atom. The van der Waals surface area contributed by atoms with Gasteiger partial charge in [0.15, 0.2) is 0 Å². The van der Waals surface area contributed by atoms with Crippen molar-refractivity contribution in [3.05, 3.63) is 81.6 Å². The molecule has 0 radical (unpaired) electrons. The van der Waals surface area contributed by atoms with E-state index < -0.39 is 6.04 Å². The Kier molecular flexibility index (Phi) is 12.8. The Morgan fingerprint density at radius 1 is 1.00 bits per heavy atom. The van der Waals surface area contributed by atoms with Crippen molar-refractivity contribution >= 4 is 41.5 Å². The number of amides is 1. The Balaban J connectivity index is 0.00000461. The van der Waals surface area contributed by atoms with Crippen molar-refractivity contribution in [3.63, 3.8) is 0 Å². The summed E-state index contributed by atoms with van der Waals surface area (Å²) in [6.07, 6.45) is 2.53. The number of nitrogens with two attached hydrogens (primary N) is 1. The van der Waals surface area contributed by atoms with Gasteiger partial charge in [-0.3, -0.25) is 9.69 Å². The quantitative estimate of drug-likeness (QED) is 0.264. The fourth-order valence-electron chi connectivity index (χ4n) is 6.34. The summed E-state index contributed by atoms with van der Waals surface area (Å²) in [4.78, 5) is 19.8.